The van der Waals surface area contributed by atoms with Crippen molar-refractivity contribution in [3.05, 3.63) is 0 Å². The summed E-state index contributed by atoms with van der Waals surface area (Å²) >= 11 is 11.2. The van der Waals surface area contributed by atoms with E-state index in [4.69, 9.17) is 80.0 Å². The zero-order valence-electron chi connectivity index (χ0n) is 47.0. The molecular weight excluding hydrogens is 1200 g/mol. The number of alkyl halides is 2. The average molecular weight is 1260 g/mol. The summed E-state index contributed by atoms with van der Waals surface area (Å²) in [6, 6.07) is 0. The van der Waals surface area contributed by atoms with Crippen molar-refractivity contribution in [1.29, 1.82) is 0 Å². The predicted octanol–water partition coefficient (Wildman–Crippen LogP) is 15.4. The van der Waals surface area contributed by atoms with Crippen LogP contribution < -0.4 is 74.4 Å². The number of fused-ring (bicyclic) bond motifs is 4. The number of rotatable bonds is 24. The van der Waals surface area contributed by atoms with Gasteiger partial charge in [-0.25, -0.2) is 0 Å². The Kier molecular flexibility index (Phi) is 14.0. The molecule has 420 valence electrons. The Morgan fingerprint density at radius 1 is 0.225 bits per heavy atom. The largest absolute Gasteiger partial charge is 0.109 e. The number of hydrogen-bond acceptors (Lipinski definition) is 16. The van der Waals surface area contributed by atoms with Gasteiger partial charge < -0.3 is 0 Å². The fourth-order valence-electron chi connectivity index (χ4n) is 13.7. The van der Waals surface area contributed by atoms with E-state index in [1.165, 1.54) is 0 Å². The van der Waals surface area contributed by atoms with E-state index >= 15 is 0 Å². The fraction of sp³-hybridized carbons (Fsp3) is 0.410. The third kappa shape index (κ3) is 6.61. The quantitative estimate of drug-likeness (QED) is 0.0326. The molecule has 0 saturated heterocycles. The summed E-state index contributed by atoms with van der Waals surface area (Å²) in [5.74, 6) is 8.74. The van der Waals surface area contributed by atoms with Gasteiger partial charge in [-0.05, 0) is 0 Å². The minimum absolute atomic E-state index is 0.194. The second-order valence-corrected chi connectivity index (χ2v) is 31.3. The average Bonchev–Trinajstić information content (AvgIpc) is 2.24. The van der Waals surface area contributed by atoms with Crippen LogP contribution in [0.2, 0.25) is 0 Å². The molecule has 12 nitrogen and oxygen atoms in total. The van der Waals surface area contributed by atoms with Gasteiger partial charge in [-0.15, -0.1) is 23.2 Å². The van der Waals surface area contributed by atoms with Gasteiger partial charge in [0.2, 0.25) is 0 Å². The second kappa shape index (κ2) is 20.7. The monoisotopic (exact) mass is 1260 g/mol. The molecule has 2 aliphatic rings. The minimum atomic E-state index is -5.12. The molecule has 0 fully saturated rings. The third-order valence-electron chi connectivity index (χ3n) is 15.4. The maximum Gasteiger partial charge on any atom is 0.0967 e. The van der Waals surface area contributed by atoms with Gasteiger partial charge in [-0.3, -0.25) is 0 Å². The number of thiophene rings is 4. The van der Waals surface area contributed by atoms with Gasteiger partial charge in [-0.2, -0.15) is 0 Å². The summed E-state index contributed by atoms with van der Waals surface area (Å²) in [5, 5.41) is 13.8. The summed E-state index contributed by atoms with van der Waals surface area (Å²) in [6.45, 7) is 29.7. The van der Waals surface area contributed by atoms with Crippen molar-refractivity contribution >= 4 is 202 Å². The molecule has 0 radical (unpaired) electrons. The van der Waals surface area contributed by atoms with E-state index in [1.807, 2.05) is 27.7 Å². The molecule has 0 amide bonds. The molecule has 0 saturated carbocycles. The minimum Gasteiger partial charge on any atom is -0.109 e. The Hall–Kier alpha value is -5.08. The van der Waals surface area contributed by atoms with Crippen LogP contribution in [0.4, 0.5) is 0 Å². The zero-order valence-corrected chi connectivity index (χ0v) is 53.9. The standard InChI is InChI=1S/C60H60GeO12S4.CH2Cl2/c1-13-62-41-37-25-26-30-34-33-29(25)53(45(41)66-17-5)74-57(33)49(70-21-9)50(71-22-10)58(34)75-54(30)46(67-18-6)42(63-14-2)38(26)61(37)39-27-28-32-36-35-31(27)55(47(68-19-7)43(39)64-15-3)76-59(35)51(72-23-11)52(73-24-12)60(36)77-56(32)48(69-20-8)44(40(28)61)65-16-4;2-1-3/h13-24H2,1-12H3;1H2. The van der Waals surface area contributed by atoms with E-state index in [-0.39, 0.29) is 5.34 Å². The van der Waals surface area contributed by atoms with Crippen molar-refractivity contribution < 1.29 is 56.8 Å². The normalized spacial score (nSPS) is 13.4. The van der Waals surface area contributed by atoms with Crippen LogP contribution in [0.1, 0.15) is 83.1 Å². The molecule has 1 spiro atoms. The first-order valence-corrected chi connectivity index (χ1v) is 36.6. The number of benzene rings is 8. The Morgan fingerprint density at radius 3 is 0.500 bits per heavy atom. The van der Waals surface area contributed by atoms with Crippen molar-refractivity contribution in [2.45, 2.75) is 83.1 Å². The van der Waals surface area contributed by atoms with E-state index in [9.17, 15) is 0 Å². The molecule has 19 heteroatoms. The molecule has 4 aromatic heterocycles. The molecule has 80 heavy (non-hydrogen) atoms. The van der Waals surface area contributed by atoms with Gasteiger partial charge in [0.1, 0.15) is 0 Å². The molecule has 0 aliphatic carbocycles. The number of ether oxygens (including phenoxy) is 12. The molecule has 0 unspecified atom stereocenters. The van der Waals surface area contributed by atoms with Crippen molar-refractivity contribution in [3.8, 4) is 69.0 Å². The molecule has 0 N–H and O–H groups in total. The predicted molar refractivity (Wildman–Crippen MR) is 339 cm³/mol. The molecule has 2 aliphatic heterocycles. The summed E-state index contributed by atoms with van der Waals surface area (Å²) < 4.78 is 98.1. The van der Waals surface area contributed by atoms with E-state index in [1.54, 1.807) is 45.3 Å². The Labute approximate surface area is 491 Å². The van der Waals surface area contributed by atoms with Gasteiger partial charge in [0.15, 0.2) is 0 Å². The number of hydrogen-bond donors (Lipinski definition) is 0. The van der Waals surface area contributed by atoms with Crippen LogP contribution in [0.5, 0.6) is 69.0 Å². The summed E-state index contributed by atoms with van der Waals surface area (Å²) in [7, 11) is 0. The molecule has 14 rings (SSSR count). The van der Waals surface area contributed by atoms with Crippen molar-refractivity contribution in [1.82, 2.24) is 0 Å². The summed E-state index contributed by atoms with van der Waals surface area (Å²) in [6.07, 6.45) is 0. The van der Waals surface area contributed by atoms with Crippen LogP contribution in [0.15, 0.2) is 0 Å². The molecule has 0 atom stereocenters. The second-order valence-electron chi connectivity index (χ2n) is 19.0. The van der Waals surface area contributed by atoms with Gasteiger partial charge in [-0.1, -0.05) is 0 Å². The van der Waals surface area contributed by atoms with Crippen molar-refractivity contribution in [2.24, 2.45) is 0 Å². The third-order valence-corrected chi connectivity index (χ3v) is 30.4. The van der Waals surface area contributed by atoms with E-state index in [2.05, 4.69) is 55.4 Å². The van der Waals surface area contributed by atoms with Gasteiger partial charge >= 0.3 is 467 Å². The van der Waals surface area contributed by atoms with E-state index in [0.29, 0.717) is 102 Å². The molecule has 6 heterocycles. The SMILES string of the molecule is CCOc1c(OCC)c2sc3c(OCC)c(OCC)c4sc5c(OCC)c(OCC)[c]6c7c([c]1[Ge]61[c]6c(OCC)c(OCC)c8sc9c(OCC)c(OCC)c%10sc%11c(OCC)c(OCC)[c]1c1c6c8c9c%10c%111)c2c3c4c57.ClCCl. The maximum absolute atomic E-state index is 7.42. The van der Waals surface area contributed by atoms with Crippen LogP contribution in [-0.2, 0) is 0 Å². The zero-order chi connectivity index (χ0) is 55.8. The van der Waals surface area contributed by atoms with Crippen LogP contribution in [0, 0.1) is 0 Å². The molecule has 0 bridgehead atoms. The smallest absolute Gasteiger partial charge is 0.0967 e. The van der Waals surface area contributed by atoms with E-state index < -0.39 is 13.3 Å². The summed E-state index contributed by atoms with van der Waals surface area (Å²) in [4.78, 5) is 0. The van der Waals surface area contributed by atoms with Gasteiger partial charge in [0, 0.05) is 0 Å². The van der Waals surface area contributed by atoms with Crippen LogP contribution in [-0.4, -0.2) is 97.9 Å². The van der Waals surface area contributed by atoms with Crippen molar-refractivity contribution in [2.75, 3.05) is 84.6 Å². The molecule has 12 aromatic rings. The fourth-order valence-corrected chi connectivity index (χ4v) is 31.7. The summed E-state index contributed by atoms with van der Waals surface area (Å²) in [5.41, 5.74) is 0. The Morgan fingerprint density at radius 2 is 0.350 bits per heavy atom. The first-order valence-electron chi connectivity index (χ1n) is 28.1. The first kappa shape index (κ1) is 54.2. The van der Waals surface area contributed by atoms with Crippen molar-refractivity contribution in [3.63, 3.8) is 0 Å². The Bertz CT molecular complexity index is 3830. The van der Waals surface area contributed by atoms with Crippen LogP contribution in [0.25, 0.3) is 102 Å². The van der Waals surface area contributed by atoms with Gasteiger partial charge in [0.25, 0.3) is 0 Å². The first-order chi connectivity index (χ1) is 39.2. The van der Waals surface area contributed by atoms with E-state index in [0.717, 1.165) is 166 Å². The van der Waals surface area contributed by atoms with Crippen LogP contribution in [0.3, 0.4) is 0 Å². The maximum atomic E-state index is 7.42. The molecule has 8 aromatic carbocycles. The number of halogens is 2. The molecular formula is C61H62Cl2GeO12S4. The van der Waals surface area contributed by atoms with Crippen LogP contribution >= 0.6 is 68.5 Å². The van der Waals surface area contributed by atoms with Gasteiger partial charge in [0.05, 0.1) is 5.34 Å². The topological polar surface area (TPSA) is 111 Å². The Balaban J connectivity index is 0.00000197.